The van der Waals surface area contributed by atoms with Gasteiger partial charge < -0.3 is 42.5 Å². The number of ketones is 1. The van der Waals surface area contributed by atoms with Gasteiger partial charge in [0.1, 0.15) is 19.8 Å². The molecule has 48 heavy (non-hydrogen) atoms. The summed E-state index contributed by atoms with van der Waals surface area (Å²) in [6.45, 7) is 25.0. The van der Waals surface area contributed by atoms with Crippen LogP contribution < -0.4 is 10.6 Å². The van der Waals surface area contributed by atoms with Crippen molar-refractivity contribution in [2.75, 3.05) is 59.3 Å². The average molecular weight is 741 g/mol. The molecule has 284 valence electrons. The van der Waals surface area contributed by atoms with Crippen molar-refractivity contribution in [3.63, 3.8) is 0 Å². The van der Waals surface area contributed by atoms with Gasteiger partial charge >= 0.3 is 26.7 Å². The molecule has 16 heteroatoms. The van der Waals surface area contributed by atoms with E-state index in [0.29, 0.717) is 24.4 Å². The van der Waals surface area contributed by atoms with E-state index < -0.39 is 43.4 Å². The molecule has 0 aromatic heterocycles. The van der Waals surface area contributed by atoms with Crippen LogP contribution >= 0.6 is 0 Å². The van der Waals surface area contributed by atoms with Crippen molar-refractivity contribution in [2.24, 2.45) is 0 Å². The number of hydrogen-bond donors (Lipinski definition) is 2. The van der Waals surface area contributed by atoms with E-state index in [1.165, 1.54) is 0 Å². The molecule has 0 radical (unpaired) electrons. The van der Waals surface area contributed by atoms with E-state index in [1.54, 1.807) is 13.8 Å². The number of alkyl carbamates (subject to hydrolysis) is 2. The molecule has 2 amide bonds. The maximum atomic E-state index is 11.7. The Kier molecular flexibility index (Phi) is 30.0. The third-order valence-electron chi connectivity index (χ3n) is 5.92. The summed E-state index contributed by atoms with van der Waals surface area (Å²) in [5.41, 5.74) is 0.677. The minimum atomic E-state index is -2.36. The molecule has 0 saturated heterocycles. The van der Waals surface area contributed by atoms with Crippen LogP contribution in [0, 0.1) is 0 Å². The highest BCUT2D eigenvalue weighted by molar-refractivity contribution is 6.87. The van der Waals surface area contributed by atoms with Crippen molar-refractivity contribution in [3.8, 4) is 0 Å². The molecule has 0 aliphatic heterocycles. The number of carbonyl (C=O) groups excluding carboxylic acids is 4. The van der Waals surface area contributed by atoms with Crippen molar-refractivity contribution in [1.29, 1.82) is 0 Å². The Morgan fingerprint density at radius 2 is 1.02 bits per heavy atom. The molecule has 0 atom stereocenters. The fourth-order valence-corrected chi connectivity index (χ4v) is 18.1. The number of amides is 2. The van der Waals surface area contributed by atoms with Crippen molar-refractivity contribution in [3.05, 3.63) is 24.3 Å². The number of nitrogens with one attached hydrogen (secondary N) is 2. The van der Waals surface area contributed by atoms with Gasteiger partial charge in [-0.15, -0.1) is 0 Å². The van der Waals surface area contributed by atoms with E-state index in [4.69, 9.17) is 31.9 Å². The van der Waals surface area contributed by atoms with Crippen LogP contribution in [0.5, 0.6) is 0 Å². The molecule has 0 spiro atoms. The summed E-state index contributed by atoms with van der Waals surface area (Å²) in [4.78, 5) is 46.0. The van der Waals surface area contributed by atoms with E-state index in [0.717, 1.165) is 24.9 Å². The van der Waals surface area contributed by atoms with Gasteiger partial charge in [-0.25, -0.2) is 14.4 Å². The lowest BCUT2D eigenvalue weighted by atomic mass is 10.2. The van der Waals surface area contributed by atoms with Crippen LogP contribution in [0.15, 0.2) is 24.3 Å². The Morgan fingerprint density at radius 3 is 1.44 bits per heavy atom. The Balaban J connectivity index is -0.00000323. The number of rotatable bonds is 25. The highest BCUT2D eigenvalue weighted by Crippen LogP contribution is 2.26. The van der Waals surface area contributed by atoms with E-state index >= 15 is 0 Å². The van der Waals surface area contributed by atoms with Crippen LogP contribution in [0.2, 0.25) is 51.4 Å². The van der Waals surface area contributed by atoms with Gasteiger partial charge in [0.05, 0.1) is 26.3 Å². The van der Waals surface area contributed by atoms with Gasteiger partial charge in [0.2, 0.25) is 0 Å². The first-order valence-electron chi connectivity index (χ1n) is 15.2. The predicted octanol–water partition coefficient (Wildman–Crippen LogP) is 6.57. The molecule has 0 aromatic carbocycles. The zero-order chi connectivity index (χ0) is 34.5. The van der Waals surface area contributed by atoms with Gasteiger partial charge in [-0.1, -0.05) is 35.4 Å². The zero-order valence-electron chi connectivity index (χ0n) is 28.6. The molecule has 0 saturated carbocycles. The molecule has 0 unspecified atom stereocenters. The molecule has 0 fully saturated rings. The normalized spacial score (nSPS) is 11.1. The minimum Gasteiger partial charge on any atom is -0.460 e. The Morgan fingerprint density at radius 1 is 0.583 bits per heavy atom. The number of Topliss-reactive ketones (excluding diaryl/α,β-unsaturated/α-hetero) is 1. The predicted molar refractivity (Wildman–Crippen MR) is 200 cm³/mol. The van der Waals surface area contributed by atoms with Crippen LogP contribution in [0.3, 0.4) is 0 Å². The van der Waals surface area contributed by atoms with Crippen LogP contribution in [-0.2, 0) is 41.5 Å². The van der Waals surface area contributed by atoms with Crippen molar-refractivity contribution >= 4 is 49.1 Å². The van der Waals surface area contributed by atoms with Gasteiger partial charge in [0.25, 0.3) is 0 Å². The first-order valence-corrected chi connectivity index (χ1v) is 24.3. The van der Waals surface area contributed by atoms with E-state index in [1.807, 2.05) is 0 Å². The van der Waals surface area contributed by atoms with Gasteiger partial charge in [-0.05, 0) is 83.6 Å². The fourth-order valence-electron chi connectivity index (χ4n) is 4.07. The number of hydrogen-bond acceptors (Lipinski definition) is 11. The summed E-state index contributed by atoms with van der Waals surface area (Å²) >= 11 is 0. The third kappa shape index (κ3) is 29.8. The summed E-state index contributed by atoms with van der Waals surface area (Å²) in [7, 11) is -6.34. The monoisotopic (exact) mass is 740 g/mol. The van der Waals surface area contributed by atoms with Gasteiger partial charge in [-0.3, -0.25) is 4.79 Å². The average Bonchev–Trinajstić information content (AvgIpc) is 2.91. The quantitative estimate of drug-likeness (QED) is 0.0343. The molecule has 0 bridgehead atoms. The number of esters is 1. The standard InChI is InChI=1S/C29H56N2O11Si3.3CH4/c1-24(2)26(32)23-31-29(35)40-20-18-37-15-12-22-44(7,8)42-45(9,10)41-43(5,6)21-11-14-36-17-19-39-28(34)30-13-16-38-27(33)25(3)4;;;/h1,3,11-23H2,2,4-10H3,(H,30,34)(H,31,35);3*1H4. The summed E-state index contributed by atoms with van der Waals surface area (Å²) < 4.78 is 39.4. The Labute approximate surface area is 294 Å². The first kappa shape index (κ1) is 52.5. The molecular weight excluding hydrogens is 673 g/mol. The lowest BCUT2D eigenvalue weighted by Gasteiger charge is -2.38. The van der Waals surface area contributed by atoms with Gasteiger partial charge in [0, 0.05) is 18.8 Å². The van der Waals surface area contributed by atoms with Crippen molar-refractivity contribution in [2.45, 2.75) is 100 Å². The van der Waals surface area contributed by atoms with E-state index in [9.17, 15) is 19.2 Å². The molecule has 0 aromatic rings. The first-order chi connectivity index (χ1) is 20.9. The van der Waals surface area contributed by atoms with E-state index in [-0.39, 0.29) is 74.2 Å². The number of ether oxygens (including phenoxy) is 5. The summed E-state index contributed by atoms with van der Waals surface area (Å²) in [6.07, 6.45) is 0.406. The lowest BCUT2D eigenvalue weighted by molar-refractivity contribution is -0.138. The molecule has 0 aliphatic rings. The SMILES string of the molecule is C.C.C.C=C(C)C(=O)CNC(=O)OCCOCCC[Si](C)(C)O[Si](C)(C)O[Si](C)(C)CCCOCCOC(=O)NCCOC(=O)C(=C)C. The highest BCUT2D eigenvalue weighted by atomic mass is 28.5. The Hall–Kier alpha value is -2.35. The highest BCUT2D eigenvalue weighted by Gasteiger charge is 2.39. The smallest absolute Gasteiger partial charge is 0.407 e. The van der Waals surface area contributed by atoms with Crippen LogP contribution in [0.1, 0.15) is 49.0 Å². The van der Waals surface area contributed by atoms with Gasteiger partial charge in [0.15, 0.2) is 22.4 Å². The molecule has 0 heterocycles. The Bertz CT molecular complexity index is 977. The maximum Gasteiger partial charge on any atom is 0.407 e. The number of carbonyl (C=O) groups is 4. The molecule has 0 aliphatic carbocycles. The van der Waals surface area contributed by atoms with Gasteiger partial charge in [-0.2, -0.15) is 0 Å². The molecular formula is C32H68N2O11Si3. The topological polar surface area (TPSA) is 157 Å². The summed E-state index contributed by atoms with van der Waals surface area (Å²) in [6, 6.07) is 1.83. The maximum absolute atomic E-state index is 11.7. The van der Waals surface area contributed by atoms with Crippen LogP contribution in [-0.4, -0.2) is 108 Å². The second kappa shape index (κ2) is 27.5. The zero-order valence-corrected chi connectivity index (χ0v) is 31.6. The van der Waals surface area contributed by atoms with E-state index in [2.05, 4.69) is 63.1 Å². The largest absolute Gasteiger partial charge is 0.460 e. The van der Waals surface area contributed by atoms with Crippen molar-refractivity contribution in [1.82, 2.24) is 10.6 Å². The molecule has 2 N–H and O–H groups in total. The third-order valence-corrected chi connectivity index (χ3v) is 17.4. The second-order valence-electron chi connectivity index (χ2n) is 12.2. The fraction of sp³-hybridized carbons (Fsp3) is 0.750. The van der Waals surface area contributed by atoms with Crippen LogP contribution in [0.4, 0.5) is 9.59 Å². The minimum absolute atomic E-state index is 0. The van der Waals surface area contributed by atoms with Crippen LogP contribution in [0.25, 0.3) is 0 Å². The second-order valence-corrected chi connectivity index (χ2v) is 24.7. The summed E-state index contributed by atoms with van der Waals surface area (Å²) in [5, 5.41) is 4.88. The molecule has 0 rings (SSSR count). The lowest BCUT2D eigenvalue weighted by Crippen LogP contribution is -2.52. The molecule has 13 nitrogen and oxygen atoms in total. The summed E-state index contributed by atoms with van der Waals surface area (Å²) in [5.74, 6) is -0.744. The van der Waals surface area contributed by atoms with Crippen molar-refractivity contribution < 1.29 is 51.1 Å².